The highest BCUT2D eigenvalue weighted by Crippen LogP contribution is 2.16. The van der Waals surface area contributed by atoms with Crippen LogP contribution in [0.15, 0.2) is 24.3 Å². The first-order chi connectivity index (χ1) is 7.08. The van der Waals surface area contributed by atoms with E-state index >= 15 is 0 Å². The summed E-state index contributed by atoms with van der Waals surface area (Å²) in [6, 6.07) is 5.95. The minimum atomic E-state index is -1.07. The number of hydrogen-bond acceptors (Lipinski definition) is 4. The number of aliphatic carboxylic acids is 1. The van der Waals surface area contributed by atoms with Crippen molar-refractivity contribution in [3.63, 3.8) is 0 Å². The molecule has 0 radical (unpaired) electrons. The summed E-state index contributed by atoms with van der Waals surface area (Å²) in [4.78, 5) is 10.2. The molecule has 1 atom stereocenters. The average Bonchev–Trinajstić information content (AvgIpc) is 2.16. The lowest BCUT2D eigenvalue weighted by Crippen LogP contribution is -2.21. The zero-order valence-electron chi connectivity index (χ0n) is 7.96. The van der Waals surface area contributed by atoms with Crippen LogP contribution >= 0.6 is 0 Å². The molecule has 0 heterocycles. The minimum absolute atomic E-state index is 0.0862. The summed E-state index contributed by atoms with van der Waals surface area (Å²) in [5.41, 5.74) is 0. The Labute approximate surface area is 86.5 Å². The van der Waals surface area contributed by atoms with Crippen LogP contribution in [0.2, 0.25) is 0 Å². The van der Waals surface area contributed by atoms with Gasteiger partial charge >= 0.3 is 5.97 Å². The number of phenols is 1. The summed E-state index contributed by atoms with van der Waals surface area (Å²) in [6.07, 6.45) is -1.38. The maximum Gasteiger partial charge on any atom is 0.306 e. The van der Waals surface area contributed by atoms with Gasteiger partial charge in [-0.1, -0.05) is 0 Å². The third-order valence-electron chi connectivity index (χ3n) is 1.69. The molecule has 1 aromatic carbocycles. The molecule has 0 saturated carbocycles. The van der Waals surface area contributed by atoms with Crippen molar-refractivity contribution in [3.05, 3.63) is 24.3 Å². The van der Waals surface area contributed by atoms with Gasteiger partial charge in [0.1, 0.15) is 18.1 Å². The van der Waals surface area contributed by atoms with Crippen molar-refractivity contribution in [2.75, 3.05) is 6.61 Å². The van der Waals surface area contributed by atoms with Crippen LogP contribution in [0.4, 0.5) is 0 Å². The Balaban J connectivity index is 2.36. The fourth-order valence-electron chi connectivity index (χ4n) is 0.995. The Hall–Kier alpha value is -1.75. The molecule has 1 rings (SSSR count). The Morgan fingerprint density at radius 3 is 2.47 bits per heavy atom. The van der Waals surface area contributed by atoms with Crippen LogP contribution in [0.1, 0.15) is 6.42 Å². The number of carboxylic acid groups (broad SMARTS) is 1. The number of ether oxygens (including phenoxy) is 1. The van der Waals surface area contributed by atoms with Crippen LogP contribution in [0.25, 0.3) is 0 Å². The van der Waals surface area contributed by atoms with Gasteiger partial charge in [0.2, 0.25) is 0 Å². The largest absolute Gasteiger partial charge is 0.508 e. The maximum absolute atomic E-state index is 10.2. The molecule has 82 valence electrons. The standard InChI is InChI=1S/C10H12O5/c11-7-1-3-9(4-2-7)15-6-8(12)5-10(13)14/h1-4,8,11-12H,5-6H2,(H,13,14). The lowest BCUT2D eigenvalue weighted by atomic mass is 10.3. The normalized spacial score (nSPS) is 12.1. The van der Waals surface area contributed by atoms with Gasteiger partial charge in [-0.15, -0.1) is 0 Å². The van der Waals surface area contributed by atoms with Gasteiger partial charge in [-0.3, -0.25) is 4.79 Å². The van der Waals surface area contributed by atoms with Crippen molar-refractivity contribution in [1.29, 1.82) is 0 Å². The van der Waals surface area contributed by atoms with Crippen LogP contribution in [-0.4, -0.2) is 34.0 Å². The first-order valence-electron chi connectivity index (χ1n) is 4.39. The second-order valence-electron chi connectivity index (χ2n) is 3.06. The second-order valence-corrected chi connectivity index (χ2v) is 3.06. The van der Waals surface area contributed by atoms with Gasteiger partial charge in [-0.05, 0) is 24.3 Å². The summed E-state index contributed by atoms with van der Waals surface area (Å²) in [6.45, 7) is -0.0862. The molecule has 0 aliphatic heterocycles. The van der Waals surface area contributed by atoms with Crippen LogP contribution in [0.3, 0.4) is 0 Å². The van der Waals surface area contributed by atoms with E-state index in [0.29, 0.717) is 5.75 Å². The van der Waals surface area contributed by atoms with Gasteiger partial charge in [0.25, 0.3) is 0 Å². The molecule has 0 aromatic heterocycles. The molecule has 0 spiro atoms. The molecule has 0 aliphatic rings. The molecule has 15 heavy (non-hydrogen) atoms. The van der Waals surface area contributed by atoms with E-state index in [1.165, 1.54) is 24.3 Å². The van der Waals surface area contributed by atoms with Gasteiger partial charge in [0.15, 0.2) is 0 Å². The van der Waals surface area contributed by atoms with E-state index in [4.69, 9.17) is 14.9 Å². The molecule has 0 amide bonds. The molecule has 0 bridgehead atoms. The fraction of sp³-hybridized carbons (Fsp3) is 0.300. The Morgan fingerprint density at radius 2 is 1.93 bits per heavy atom. The predicted molar refractivity (Wildman–Crippen MR) is 51.9 cm³/mol. The maximum atomic E-state index is 10.2. The molecule has 0 aliphatic carbocycles. The number of carbonyl (C=O) groups is 1. The van der Waals surface area contributed by atoms with E-state index in [9.17, 15) is 9.90 Å². The first-order valence-corrected chi connectivity index (χ1v) is 4.39. The van der Waals surface area contributed by atoms with E-state index < -0.39 is 12.1 Å². The summed E-state index contributed by atoms with van der Waals surface area (Å²) in [5, 5.41) is 26.5. The van der Waals surface area contributed by atoms with E-state index in [0.717, 1.165) is 0 Å². The lowest BCUT2D eigenvalue weighted by molar-refractivity contribution is -0.139. The van der Waals surface area contributed by atoms with Crippen molar-refractivity contribution < 1.29 is 24.9 Å². The van der Waals surface area contributed by atoms with Crippen LogP contribution in [-0.2, 0) is 4.79 Å². The smallest absolute Gasteiger partial charge is 0.306 e. The van der Waals surface area contributed by atoms with Gasteiger partial charge in [-0.25, -0.2) is 0 Å². The van der Waals surface area contributed by atoms with Crippen molar-refractivity contribution in [2.45, 2.75) is 12.5 Å². The van der Waals surface area contributed by atoms with Crippen molar-refractivity contribution >= 4 is 5.97 Å². The quantitative estimate of drug-likeness (QED) is 0.665. The van der Waals surface area contributed by atoms with E-state index in [1.54, 1.807) is 0 Å². The summed E-state index contributed by atoms with van der Waals surface area (Å²) < 4.78 is 5.10. The van der Waals surface area contributed by atoms with Crippen molar-refractivity contribution in [1.82, 2.24) is 0 Å². The van der Waals surface area contributed by atoms with E-state index in [1.807, 2.05) is 0 Å². The van der Waals surface area contributed by atoms with Gasteiger partial charge in [-0.2, -0.15) is 0 Å². The average molecular weight is 212 g/mol. The Morgan fingerprint density at radius 1 is 1.33 bits per heavy atom. The highest BCUT2D eigenvalue weighted by Gasteiger charge is 2.09. The number of hydrogen-bond donors (Lipinski definition) is 3. The first kappa shape index (κ1) is 11.3. The summed E-state index contributed by atoms with van der Waals surface area (Å²) >= 11 is 0. The SMILES string of the molecule is O=C(O)CC(O)COc1ccc(O)cc1. The molecular formula is C10H12O5. The fourth-order valence-corrected chi connectivity index (χ4v) is 0.995. The topological polar surface area (TPSA) is 87.0 Å². The third-order valence-corrected chi connectivity index (χ3v) is 1.69. The number of carboxylic acids is 1. The zero-order valence-corrected chi connectivity index (χ0v) is 7.96. The van der Waals surface area contributed by atoms with Gasteiger partial charge < -0.3 is 20.1 Å². The molecule has 1 unspecified atom stereocenters. The Bertz CT molecular complexity index is 319. The van der Waals surface area contributed by atoms with Crippen molar-refractivity contribution in [2.24, 2.45) is 0 Å². The third kappa shape index (κ3) is 4.33. The molecule has 5 heteroatoms. The van der Waals surface area contributed by atoms with Crippen LogP contribution in [0.5, 0.6) is 11.5 Å². The zero-order chi connectivity index (χ0) is 11.3. The molecule has 5 nitrogen and oxygen atoms in total. The van der Waals surface area contributed by atoms with Gasteiger partial charge in [0.05, 0.1) is 12.5 Å². The number of rotatable bonds is 5. The van der Waals surface area contributed by atoms with E-state index in [2.05, 4.69) is 0 Å². The Kier molecular flexibility index (Phi) is 3.93. The van der Waals surface area contributed by atoms with Gasteiger partial charge in [0, 0.05) is 0 Å². The number of aliphatic hydroxyl groups excluding tert-OH is 1. The van der Waals surface area contributed by atoms with Crippen LogP contribution in [0, 0.1) is 0 Å². The molecular weight excluding hydrogens is 200 g/mol. The number of phenolic OH excluding ortho intramolecular Hbond substituents is 1. The monoisotopic (exact) mass is 212 g/mol. The highest BCUT2D eigenvalue weighted by molar-refractivity contribution is 5.67. The van der Waals surface area contributed by atoms with Crippen LogP contribution < -0.4 is 4.74 Å². The number of aliphatic hydroxyl groups is 1. The summed E-state index contributed by atoms with van der Waals surface area (Å²) in [5.74, 6) is -0.484. The lowest BCUT2D eigenvalue weighted by Gasteiger charge is -2.10. The second kappa shape index (κ2) is 5.21. The molecule has 0 saturated heterocycles. The van der Waals surface area contributed by atoms with E-state index in [-0.39, 0.29) is 18.8 Å². The minimum Gasteiger partial charge on any atom is -0.508 e. The number of aromatic hydroxyl groups is 1. The molecule has 1 aromatic rings. The molecule has 3 N–H and O–H groups in total. The number of benzene rings is 1. The molecule has 0 fully saturated rings. The predicted octanol–water partition coefficient (Wildman–Crippen LogP) is 0.607. The van der Waals surface area contributed by atoms with Crippen molar-refractivity contribution in [3.8, 4) is 11.5 Å². The highest BCUT2D eigenvalue weighted by atomic mass is 16.5. The summed E-state index contributed by atoms with van der Waals surface area (Å²) in [7, 11) is 0.